The van der Waals surface area contributed by atoms with E-state index < -0.39 is 11.7 Å². The monoisotopic (exact) mass is 385 g/mol. The molecule has 0 aliphatic carbocycles. The molecule has 142 valence electrons. The zero-order valence-electron chi connectivity index (χ0n) is 14.3. The van der Waals surface area contributed by atoms with Gasteiger partial charge in [-0.1, -0.05) is 12.1 Å². The van der Waals surface area contributed by atoms with E-state index in [1.54, 1.807) is 30.7 Å². The molecule has 0 saturated carbocycles. The number of aromatic nitrogens is 6. The number of benzene rings is 1. The zero-order valence-corrected chi connectivity index (χ0v) is 14.3. The summed E-state index contributed by atoms with van der Waals surface area (Å²) < 4.78 is 38.8. The van der Waals surface area contributed by atoms with Crippen LogP contribution < -0.4 is 5.32 Å². The number of nitrogens with zero attached hydrogens (tertiary/aromatic N) is 4. The van der Waals surface area contributed by atoms with Gasteiger partial charge in [0.1, 0.15) is 5.82 Å². The van der Waals surface area contributed by atoms with E-state index in [-0.39, 0.29) is 11.4 Å². The van der Waals surface area contributed by atoms with Gasteiger partial charge in [-0.05, 0) is 24.3 Å². The number of alkyl halides is 3. The van der Waals surface area contributed by atoms with Crippen molar-refractivity contribution in [1.82, 2.24) is 30.4 Å². The third kappa shape index (κ3) is 3.70. The van der Waals surface area contributed by atoms with Gasteiger partial charge >= 0.3 is 6.18 Å². The van der Waals surface area contributed by atoms with E-state index >= 15 is 0 Å². The van der Waals surface area contributed by atoms with Gasteiger partial charge in [0.05, 0.1) is 17.3 Å². The van der Waals surface area contributed by atoms with E-state index in [4.69, 9.17) is 0 Å². The second-order valence-electron chi connectivity index (χ2n) is 5.95. The molecule has 0 spiro atoms. The van der Waals surface area contributed by atoms with Gasteiger partial charge in [0.15, 0.2) is 11.6 Å². The molecule has 3 N–H and O–H groups in total. The predicted octanol–water partition coefficient (Wildman–Crippen LogP) is 3.89. The largest absolute Gasteiger partial charge is 0.416 e. The summed E-state index contributed by atoms with van der Waals surface area (Å²) in [5.74, 6) is 1.14. The highest BCUT2D eigenvalue weighted by atomic mass is 19.4. The number of hydrogen-bond donors (Lipinski definition) is 3. The van der Waals surface area contributed by atoms with E-state index in [2.05, 4.69) is 35.7 Å². The highest BCUT2D eigenvalue weighted by Gasteiger charge is 2.30. The van der Waals surface area contributed by atoms with E-state index in [1.165, 1.54) is 12.1 Å². The van der Waals surface area contributed by atoms with E-state index in [1.807, 2.05) is 0 Å². The average Bonchev–Trinajstić information content (AvgIpc) is 3.38. The van der Waals surface area contributed by atoms with Gasteiger partial charge in [-0.3, -0.25) is 10.2 Å². The average molecular weight is 385 g/mol. The standard InChI is InChI=1S/C18H14F3N7/c19-18(20,21)13-4-1-3-12(7-13)15-26-17(28-27-15)14-5-2-6-22-16(14)23-8-11-9-24-25-10-11/h1-7,9-10H,8H2,(H,22,23)(H,24,25)(H,26,27,28). The maximum absolute atomic E-state index is 12.9. The highest BCUT2D eigenvalue weighted by molar-refractivity contribution is 5.71. The fraction of sp³-hybridized carbons (Fsp3) is 0.111. The lowest BCUT2D eigenvalue weighted by atomic mass is 10.1. The minimum absolute atomic E-state index is 0.172. The molecule has 7 nitrogen and oxygen atoms in total. The van der Waals surface area contributed by atoms with Crippen LogP contribution in [0.25, 0.3) is 22.8 Å². The first-order valence-electron chi connectivity index (χ1n) is 8.27. The third-order valence-corrected chi connectivity index (χ3v) is 4.01. The van der Waals surface area contributed by atoms with Crippen LogP contribution >= 0.6 is 0 Å². The Bertz CT molecular complexity index is 1070. The Morgan fingerprint density at radius 3 is 2.79 bits per heavy atom. The number of rotatable bonds is 5. The minimum atomic E-state index is -4.43. The van der Waals surface area contributed by atoms with Crippen LogP contribution in [-0.2, 0) is 12.7 Å². The first-order chi connectivity index (χ1) is 13.5. The van der Waals surface area contributed by atoms with Crippen LogP contribution in [0.5, 0.6) is 0 Å². The SMILES string of the molecule is FC(F)(F)c1cccc(-c2n[nH]c(-c3cccnc3NCc3cn[nH]c3)n2)c1. The first kappa shape index (κ1) is 17.7. The van der Waals surface area contributed by atoms with Gasteiger partial charge in [-0.2, -0.15) is 23.4 Å². The molecule has 0 atom stereocenters. The Balaban J connectivity index is 1.62. The van der Waals surface area contributed by atoms with Crippen molar-refractivity contribution in [3.8, 4) is 22.8 Å². The number of hydrogen-bond acceptors (Lipinski definition) is 5. The van der Waals surface area contributed by atoms with Crippen molar-refractivity contribution in [2.45, 2.75) is 12.7 Å². The smallest absolute Gasteiger partial charge is 0.365 e. The van der Waals surface area contributed by atoms with Crippen LogP contribution in [0.2, 0.25) is 0 Å². The minimum Gasteiger partial charge on any atom is -0.365 e. The molecule has 10 heteroatoms. The van der Waals surface area contributed by atoms with Gasteiger partial charge in [0.25, 0.3) is 0 Å². The lowest BCUT2D eigenvalue weighted by Gasteiger charge is -2.08. The second-order valence-corrected chi connectivity index (χ2v) is 5.95. The lowest BCUT2D eigenvalue weighted by Crippen LogP contribution is -2.04. The topological polar surface area (TPSA) is 95.2 Å². The highest BCUT2D eigenvalue weighted by Crippen LogP contribution is 2.32. The number of nitrogens with one attached hydrogen (secondary N) is 3. The summed E-state index contributed by atoms with van der Waals surface area (Å²) >= 11 is 0. The number of pyridine rings is 1. The summed E-state index contributed by atoms with van der Waals surface area (Å²) in [4.78, 5) is 8.65. The molecule has 0 aliphatic rings. The van der Waals surface area contributed by atoms with Crippen LogP contribution in [0.1, 0.15) is 11.1 Å². The molecule has 0 radical (unpaired) electrons. The quantitative estimate of drug-likeness (QED) is 0.485. The summed E-state index contributed by atoms with van der Waals surface area (Å²) in [5.41, 5.74) is 1.12. The Hall–Kier alpha value is -3.69. The van der Waals surface area contributed by atoms with Crippen molar-refractivity contribution >= 4 is 5.82 Å². The maximum atomic E-state index is 12.9. The van der Waals surface area contributed by atoms with Crippen LogP contribution in [0.15, 0.2) is 55.0 Å². The van der Waals surface area contributed by atoms with Crippen molar-refractivity contribution < 1.29 is 13.2 Å². The molecule has 4 rings (SSSR count). The van der Waals surface area contributed by atoms with E-state index in [0.717, 1.165) is 17.7 Å². The zero-order chi connectivity index (χ0) is 19.6. The van der Waals surface area contributed by atoms with E-state index in [9.17, 15) is 13.2 Å². The summed E-state index contributed by atoms with van der Waals surface area (Å²) in [6, 6.07) is 8.43. The van der Waals surface area contributed by atoms with Crippen LogP contribution in [-0.4, -0.2) is 30.4 Å². The molecule has 0 amide bonds. The summed E-state index contributed by atoms with van der Waals surface area (Å²) in [5, 5.41) is 16.6. The van der Waals surface area contributed by atoms with Gasteiger partial charge in [0.2, 0.25) is 0 Å². The molecule has 4 aromatic rings. The van der Waals surface area contributed by atoms with Crippen LogP contribution in [0.4, 0.5) is 19.0 Å². The molecule has 28 heavy (non-hydrogen) atoms. The van der Waals surface area contributed by atoms with Gasteiger partial charge in [-0.15, -0.1) is 0 Å². The van der Waals surface area contributed by atoms with Crippen molar-refractivity contribution in [2.24, 2.45) is 0 Å². The van der Waals surface area contributed by atoms with Crippen molar-refractivity contribution in [1.29, 1.82) is 0 Å². The molecular formula is C18H14F3N7. The Morgan fingerprint density at radius 1 is 1.11 bits per heavy atom. The first-order valence-corrected chi connectivity index (χ1v) is 8.27. The molecule has 3 heterocycles. The Labute approximate surface area is 157 Å². The third-order valence-electron chi connectivity index (χ3n) is 4.01. The van der Waals surface area contributed by atoms with Crippen molar-refractivity contribution in [2.75, 3.05) is 5.32 Å². The number of H-pyrrole nitrogens is 2. The summed E-state index contributed by atoms with van der Waals surface area (Å²) in [6.45, 7) is 0.495. The number of anilines is 1. The van der Waals surface area contributed by atoms with Crippen LogP contribution in [0.3, 0.4) is 0 Å². The predicted molar refractivity (Wildman–Crippen MR) is 96.0 cm³/mol. The molecule has 0 fully saturated rings. The molecule has 0 saturated heterocycles. The van der Waals surface area contributed by atoms with Crippen LogP contribution in [0, 0.1) is 0 Å². The molecule has 0 aliphatic heterocycles. The molecule has 0 unspecified atom stereocenters. The van der Waals surface area contributed by atoms with Crippen molar-refractivity contribution in [3.63, 3.8) is 0 Å². The summed E-state index contributed by atoms with van der Waals surface area (Å²) in [6.07, 6.45) is 0.652. The second kappa shape index (κ2) is 7.14. The molecule has 0 bridgehead atoms. The van der Waals surface area contributed by atoms with Crippen molar-refractivity contribution in [3.05, 3.63) is 66.1 Å². The molecular weight excluding hydrogens is 371 g/mol. The van der Waals surface area contributed by atoms with Gasteiger partial charge in [-0.25, -0.2) is 9.97 Å². The Morgan fingerprint density at radius 2 is 2.00 bits per heavy atom. The van der Waals surface area contributed by atoms with E-state index in [0.29, 0.717) is 23.8 Å². The molecule has 1 aromatic carbocycles. The molecule has 3 aromatic heterocycles. The van der Waals surface area contributed by atoms with Gasteiger partial charge < -0.3 is 5.32 Å². The fourth-order valence-corrected chi connectivity index (χ4v) is 2.64. The number of halogens is 3. The normalized spacial score (nSPS) is 11.5. The maximum Gasteiger partial charge on any atom is 0.416 e. The summed E-state index contributed by atoms with van der Waals surface area (Å²) in [7, 11) is 0. The van der Waals surface area contributed by atoms with Gasteiger partial charge in [0, 0.05) is 30.1 Å². The number of aromatic amines is 2. The fourth-order valence-electron chi connectivity index (χ4n) is 2.64. The Kier molecular flexibility index (Phi) is 4.52. The lowest BCUT2D eigenvalue weighted by molar-refractivity contribution is -0.137.